The van der Waals surface area contributed by atoms with Gasteiger partial charge in [0.15, 0.2) is 0 Å². The third kappa shape index (κ3) is 3.25. The van der Waals surface area contributed by atoms with Gasteiger partial charge in [0.1, 0.15) is 0 Å². The van der Waals surface area contributed by atoms with Crippen LogP contribution in [0, 0.1) is 5.92 Å². The molecule has 1 fully saturated rings. The molecule has 1 amide bonds. The van der Waals surface area contributed by atoms with Crippen molar-refractivity contribution in [2.24, 2.45) is 5.92 Å². The molecule has 122 valence electrons. The Hall–Kier alpha value is -1.60. The van der Waals surface area contributed by atoms with Crippen molar-refractivity contribution >= 4 is 27.3 Å². The zero-order valence-corrected chi connectivity index (χ0v) is 14.3. The molecule has 2 rings (SSSR count). The van der Waals surface area contributed by atoms with Crippen LogP contribution in [0.15, 0.2) is 23.1 Å². The number of hydrogen-bond acceptors (Lipinski definition) is 4. The van der Waals surface area contributed by atoms with Gasteiger partial charge < -0.3 is 10.2 Å². The molecule has 1 N–H and O–H groups in total. The van der Waals surface area contributed by atoms with Crippen LogP contribution in [-0.2, 0) is 14.8 Å². The van der Waals surface area contributed by atoms with Crippen molar-refractivity contribution in [2.45, 2.75) is 24.2 Å². The van der Waals surface area contributed by atoms with Gasteiger partial charge in [0, 0.05) is 34.1 Å². The number of carbonyl (C=O) groups is 1. The van der Waals surface area contributed by atoms with E-state index in [1.165, 1.54) is 20.2 Å². The fraction of sp³-hybridized carbons (Fsp3) is 0.533. The lowest BCUT2D eigenvalue weighted by molar-refractivity contribution is -0.122. The smallest absolute Gasteiger partial charge is 0.242 e. The lowest BCUT2D eigenvalue weighted by Crippen LogP contribution is -2.29. The number of amides is 1. The highest BCUT2D eigenvalue weighted by atomic mass is 32.2. The molecular formula is C15H23N3O3S. The second kappa shape index (κ2) is 6.26. The molecule has 7 heteroatoms. The first kappa shape index (κ1) is 16.8. The van der Waals surface area contributed by atoms with Crippen molar-refractivity contribution in [2.75, 3.05) is 38.4 Å². The number of nitrogens with one attached hydrogen (secondary N) is 1. The Morgan fingerprint density at radius 3 is 2.27 bits per heavy atom. The lowest BCUT2D eigenvalue weighted by Gasteiger charge is -2.26. The first-order valence-corrected chi connectivity index (χ1v) is 8.72. The number of rotatable bonds is 5. The minimum absolute atomic E-state index is 0.0336. The van der Waals surface area contributed by atoms with Crippen LogP contribution in [0.4, 0.5) is 11.4 Å². The first-order chi connectivity index (χ1) is 10.2. The summed E-state index contributed by atoms with van der Waals surface area (Å²) in [5, 5.41) is 2.88. The predicted octanol–water partition coefficient (Wildman–Crippen LogP) is 1.74. The SMILES string of the molecule is CN(C)c1ccc(S(=O)(=O)N(C)C)cc1NC(=O)C1CCC1. The quantitative estimate of drug-likeness (QED) is 0.895. The Balaban J connectivity index is 2.37. The second-order valence-electron chi connectivity index (χ2n) is 5.98. The average molecular weight is 325 g/mol. The summed E-state index contributed by atoms with van der Waals surface area (Å²) in [6.07, 6.45) is 2.88. The Morgan fingerprint density at radius 2 is 1.82 bits per heavy atom. The zero-order valence-electron chi connectivity index (χ0n) is 13.5. The molecule has 0 aliphatic heterocycles. The van der Waals surface area contributed by atoms with Crippen LogP contribution in [0.1, 0.15) is 19.3 Å². The molecule has 1 saturated carbocycles. The summed E-state index contributed by atoms with van der Waals surface area (Å²) in [4.78, 5) is 14.2. The molecule has 0 bridgehead atoms. The highest BCUT2D eigenvalue weighted by Crippen LogP contribution is 2.32. The van der Waals surface area contributed by atoms with Gasteiger partial charge in [-0.05, 0) is 31.0 Å². The van der Waals surface area contributed by atoms with E-state index >= 15 is 0 Å². The van der Waals surface area contributed by atoms with Crippen molar-refractivity contribution in [1.82, 2.24) is 4.31 Å². The van der Waals surface area contributed by atoms with E-state index in [0.717, 1.165) is 29.3 Å². The highest BCUT2D eigenvalue weighted by molar-refractivity contribution is 7.89. The van der Waals surface area contributed by atoms with Gasteiger partial charge in [0.2, 0.25) is 15.9 Å². The minimum Gasteiger partial charge on any atom is -0.376 e. The molecule has 0 aromatic heterocycles. The third-order valence-corrected chi connectivity index (χ3v) is 5.77. The lowest BCUT2D eigenvalue weighted by atomic mass is 9.85. The van der Waals surface area contributed by atoms with Gasteiger partial charge in [0.25, 0.3) is 0 Å². The summed E-state index contributed by atoms with van der Waals surface area (Å²) in [7, 11) is 3.16. The van der Waals surface area contributed by atoms with Gasteiger partial charge in [-0.2, -0.15) is 0 Å². The maximum Gasteiger partial charge on any atom is 0.242 e. The largest absolute Gasteiger partial charge is 0.376 e. The summed E-state index contributed by atoms with van der Waals surface area (Å²) < 4.78 is 25.7. The summed E-state index contributed by atoms with van der Waals surface area (Å²) in [5.74, 6) is 0.0119. The number of sulfonamides is 1. The van der Waals surface area contributed by atoms with Crippen LogP contribution in [0.2, 0.25) is 0 Å². The van der Waals surface area contributed by atoms with Crippen LogP contribution in [-0.4, -0.2) is 46.8 Å². The van der Waals surface area contributed by atoms with Crippen molar-refractivity contribution in [3.8, 4) is 0 Å². The summed E-state index contributed by atoms with van der Waals surface area (Å²) in [6.45, 7) is 0. The van der Waals surface area contributed by atoms with E-state index in [2.05, 4.69) is 5.32 Å². The van der Waals surface area contributed by atoms with Crippen LogP contribution in [0.5, 0.6) is 0 Å². The van der Waals surface area contributed by atoms with Crippen LogP contribution in [0.3, 0.4) is 0 Å². The molecule has 0 radical (unpaired) electrons. The van der Waals surface area contributed by atoms with Crippen LogP contribution < -0.4 is 10.2 Å². The van der Waals surface area contributed by atoms with E-state index in [0.29, 0.717) is 5.69 Å². The Labute approximate surface area is 132 Å². The van der Waals surface area contributed by atoms with Crippen molar-refractivity contribution in [3.05, 3.63) is 18.2 Å². The molecule has 6 nitrogen and oxygen atoms in total. The van der Waals surface area contributed by atoms with Crippen molar-refractivity contribution < 1.29 is 13.2 Å². The third-order valence-electron chi connectivity index (χ3n) is 3.96. The standard InChI is InChI=1S/C15H23N3O3S/c1-17(2)14-9-8-12(22(20,21)18(3)4)10-13(14)16-15(19)11-6-5-7-11/h8-11H,5-7H2,1-4H3,(H,16,19). The second-order valence-corrected chi connectivity index (χ2v) is 8.13. The van der Waals surface area contributed by atoms with E-state index in [1.807, 2.05) is 19.0 Å². The highest BCUT2D eigenvalue weighted by Gasteiger charge is 2.26. The molecule has 0 atom stereocenters. The maximum atomic E-state index is 12.3. The van der Waals surface area contributed by atoms with Gasteiger partial charge in [-0.3, -0.25) is 4.79 Å². The summed E-state index contributed by atoms with van der Waals surface area (Å²) in [6, 6.07) is 4.80. The molecule has 0 spiro atoms. The maximum absolute atomic E-state index is 12.3. The van der Waals surface area contributed by atoms with Gasteiger partial charge in [-0.15, -0.1) is 0 Å². The average Bonchev–Trinajstić information content (AvgIpc) is 2.35. The van der Waals surface area contributed by atoms with Gasteiger partial charge >= 0.3 is 0 Å². The van der Waals surface area contributed by atoms with Crippen LogP contribution in [0.25, 0.3) is 0 Å². The minimum atomic E-state index is -3.53. The normalized spacial score (nSPS) is 15.5. The number of nitrogens with zero attached hydrogens (tertiary/aromatic N) is 2. The van der Waals surface area contributed by atoms with E-state index < -0.39 is 10.0 Å². The number of benzene rings is 1. The molecule has 0 saturated heterocycles. The van der Waals surface area contributed by atoms with Gasteiger partial charge in [0.05, 0.1) is 16.3 Å². The van der Waals surface area contributed by atoms with E-state index in [9.17, 15) is 13.2 Å². The van der Waals surface area contributed by atoms with E-state index in [4.69, 9.17) is 0 Å². The fourth-order valence-corrected chi connectivity index (χ4v) is 3.21. The topological polar surface area (TPSA) is 69.7 Å². The number of anilines is 2. The fourth-order valence-electron chi connectivity index (χ4n) is 2.28. The number of carbonyl (C=O) groups excluding carboxylic acids is 1. The van der Waals surface area contributed by atoms with Gasteiger partial charge in [-0.25, -0.2) is 12.7 Å². The first-order valence-electron chi connectivity index (χ1n) is 7.28. The molecule has 1 aromatic carbocycles. The summed E-state index contributed by atoms with van der Waals surface area (Å²) >= 11 is 0. The molecule has 1 aliphatic carbocycles. The van der Waals surface area contributed by atoms with Crippen molar-refractivity contribution in [1.29, 1.82) is 0 Å². The summed E-state index contributed by atoms with van der Waals surface area (Å²) in [5.41, 5.74) is 1.32. The Kier molecular flexibility index (Phi) is 4.77. The molecule has 1 aliphatic rings. The Bertz CT molecular complexity index is 665. The van der Waals surface area contributed by atoms with Gasteiger partial charge in [-0.1, -0.05) is 6.42 Å². The number of hydrogen-bond donors (Lipinski definition) is 1. The zero-order chi connectivity index (χ0) is 16.5. The Morgan fingerprint density at radius 1 is 1.18 bits per heavy atom. The molecule has 0 heterocycles. The monoisotopic (exact) mass is 325 g/mol. The molecule has 22 heavy (non-hydrogen) atoms. The molecule has 1 aromatic rings. The molecular weight excluding hydrogens is 302 g/mol. The van der Waals surface area contributed by atoms with Crippen molar-refractivity contribution in [3.63, 3.8) is 0 Å². The van der Waals surface area contributed by atoms with E-state index in [1.54, 1.807) is 12.1 Å². The predicted molar refractivity (Wildman–Crippen MR) is 87.6 cm³/mol. The molecule has 0 unspecified atom stereocenters. The van der Waals surface area contributed by atoms with E-state index in [-0.39, 0.29) is 16.7 Å². The van der Waals surface area contributed by atoms with Crippen LogP contribution >= 0.6 is 0 Å².